The molecule has 94 valence electrons. The highest BCUT2D eigenvalue weighted by Gasteiger charge is 2.18. The number of rotatable bonds is 6. The Bertz CT molecular complexity index is 352. The zero-order valence-electron chi connectivity index (χ0n) is 8.63. The predicted octanol–water partition coefficient (Wildman–Crippen LogP) is -2.22. The molecule has 8 nitrogen and oxygen atoms in total. The fraction of sp³-hybridized carbons (Fsp3) is 0.714. The molecular formula is C7H14N2O6S. The van der Waals surface area contributed by atoms with Gasteiger partial charge in [-0.1, -0.05) is 0 Å². The number of aliphatic carboxylic acids is 1. The molecule has 0 spiro atoms. The molecule has 0 aliphatic rings. The summed E-state index contributed by atoms with van der Waals surface area (Å²) >= 11 is 0. The van der Waals surface area contributed by atoms with Crippen LogP contribution in [0.2, 0.25) is 0 Å². The number of carbonyl (C=O) groups is 2. The lowest BCUT2D eigenvalue weighted by atomic mass is 10.3. The molecule has 16 heavy (non-hydrogen) atoms. The molecule has 1 atom stereocenters. The summed E-state index contributed by atoms with van der Waals surface area (Å²) in [6, 6.07) is -2.25. The van der Waals surface area contributed by atoms with Crippen LogP contribution in [0, 0.1) is 0 Å². The SMILES string of the molecule is CS(=O)(=O)CCNC(=O)N[C@H](CO)C(=O)O. The zero-order valence-corrected chi connectivity index (χ0v) is 9.45. The molecule has 0 fully saturated rings. The fourth-order valence-electron chi connectivity index (χ4n) is 0.745. The Morgan fingerprint density at radius 2 is 1.94 bits per heavy atom. The number of aliphatic hydroxyl groups excluding tert-OH is 1. The lowest BCUT2D eigenvalue weighted by Gasteiger charge is -2.12. The maximum Gasteiger partial charge on any atom is 0.328 e. The molecular weight excluding hydrogens is 240 g/mol. The second kappa shape index (κ2) is 6.28. The van der Waals surface area contributed by atoms with Crippen molar-refractivity contribution in [3.63, 3.8) is 0 Å². The van der Waals surface area contributed by atoms with Gasteiger partial charge in [-0.3, -0.25) is 0 Å². The summed E-state index contributed by atoms with van der Waals surface area (Å²) in [6.07, 6.45) is 1.01. The lowest BCUT2D eigenvalue weighted by Crippen LogP contribution is -2.48. The average Bonchev–Trinajstić information content (AvgIpc) is 2.11. The first-order chi connectivity index (χ1) is 7.26. The van der Waals surface area contributed by atoms with E-state index in [9.17, 15) is 18.0 Å². The van der Waals surface area contributed by atoms with Crippen LogP contribution in [-0.4, -0.2) is 61.8 Å². The van der Waals surface area contributed by atoms with Crippen LogP contribution in [0.25, 0.3) is 0 Å². The Kier molecular flexibility index (Phi) is 5.75. The highest BCUT2D eigenvalue weighted by Crippen LogP contribution is 1.83. The molecule has 0 aliphatic heterocycles. The van der Waals surface area contributed by atoms with Crippen LogP contribution < -0.4 is 10.6 Å². The first-order valence-electron chi connectivity index (χ1n) is 4.32. The minimum atomic E-state index is -3.18. The maximum atomic E-state index is 11.0. The van der Waals surface area contributed by atoms with Crippen LogP contribution in [0.5, 0.6) is 0 Å². The number of carboxylic acid groups (broad SMARTS) is 1. The minimum Gasteiger partial charge on any atom is -0.480 e. The van der Waals surface area contributed by atoms with Gasteiger partial charge in [-0.05, 0) is 0 Å². The molecule has 0 heterocycles. The highest BCUT2D eigenvalue weighted by molar-refractivity contribution is 7.90. The average molecular weight is 254 g/mol. The minimum absolute atomic E-state index is 0.123. The van der Waals surface area contributed by atoms with Crippen molar-refractivity contribution in [3.8, 4) is 0 Å². The fourth-order valence-corrected chi connectivity index (χ4v) is 1.22. The van der Waals surface area contributed by atoms with Crippen LogP contribution in [0.15, 0.2) is 0 Å². The van der Waals surface area contributed by atoms with Crippen molar-refractivity contribution in [2.75, 3.05) is 25.2 Å². The summed E-state index contributed by atoms with van der Waals surface area (Å²) in [5.74, 6) is -1.61. The van der Waals surface area contributed by atoms with Crippen molar-refractivity contribution >= 4 is 21.8 Å². The normalized spacial score (nSPS) is 12.9. The van der Waals surface area contributed by atoms with E-state index in [0.717, 1.165) is 6.26 Å². The number of sulfone groups is 1. The van der Waals surface area contributed by atoms with E-state index in [4.69, 9.17) is 10.2 Å². The molecule has 9 heteroatoms. The Morgan fingerprint density at radius 3 is 2.31 bits per heavy atom. The second-order valence-electron chi connectivity index (χ2n) is 3.10. The molecule has 0 aromatic heterocycles. The molecule has 0 aromatic rings. The van der Waals surface area contributed by atoms with Crippen molar-refractivity contribution in [2.45, 2.75) is 6.04 Å². The lowest BCUT2D eigenvalue weighted by molar-refractivity contribution is -0.140. The summed E-state index contributed by atoms with van der Waals surface area (Å²) in [5, 5.41) is 21.2. The second-order valence-corrected chi connectivity index (χ2v) is 5.36. The Labute approximate surface area is 92.6 Å². The summed E-state index contributed by atoms with van der Waals surface area (Å²) in [6.45, 7) is -0.864. The molecule has 0 aromatic carbocycles. The highest BCUT2D eigenvalue weighted by atomic mass is 32.2. The Hall–Kier alpha value is -1.35. The molecule has 0 saturated carbocycles. The van der Waals surface area contributed by atoms with Gasteiger partial charge in [-0.2, -0.15) is 0 Å². The molecule has 0 radical (unpaired) electrons. The van der Waals surface area contributed by atoms with Gasteiger partial charge in [0.1, 0.15) is 9.84 Å². The number of nitrogens with one attached hydrogen (secondary N) is 2. The predicted molar refractivity (Wildman–Crippen MR) is 54.8 cm³/mol. The van der Waals surface area contributed by atoms with Gasteiger partial charge >= 0.3 is 12.0 Å². The monoisotopic (exact) mass is 254 g/mol. The smallest absolute Gasteiger partial charge is 0.328 e. The standard InChI is InChI=1S/C7H14N2O6S/c1-16(14,15)3-2-8-7(13)9-5(4-10)6(11)12/h5,10H,2-4H2,1H3,(H,11,12)(H2,8,9,13)/t5-/m1/s1. The van der Waals surface area contributed by atoms with Gasteiger partial charge in [-0.25, -0.2) is 18.0 Å². The number of hydrogen-bond donors (Lipinski definition) is 4. The van der Waals surface area contributed by atoms with Crippen molar-refractivity contribution in [1.29, 1.82) is 0 Å². The van der Waals surface area contributed by atoms with E-state index in [1.165, 1.54) is 0 Å². The zero-order chi connectivity index (χ0) is 12.8. The van der Waals surface area contributed by atoms with Crippen LogP contribution in [-0.2, 0) is 14.6 Å². The third-order valence-electron chi connectivity index (χ3n) is 1.54. The van der Waals surface area contributed by atoms with Gasteiger partial charge in [0, 0.05) is 12.8 Å². The van der Waals surface area contributed by atoms with Crippen LogP contribution in [0.4, 0.5) is 4.79 Å². The number of urea groups is 1. The van der Waals surface area contributed by atoms with E-state index in [-0.39, 0.29) is 12.3 Å². The first-order valence-corrected chi connectivity index (χ1v) is 6.38. The third kappa shape index (κ3) is 7.01. The Morgan fingerprint density at radius 1 is 1.38 bits per heavy atom. The summed E-state index contributed by atoms with van der Waals surface area (Å²) in [4.78, 5) is 21.4. The summed E-state index contributed by atoms with van der Waals surface area (Å²) in [7, 11) is -3.18. The van der Waals surface area contributed by atoms with Gasteiger partial charge in [-0.15, -0.1) is 0 Å². The number of aliphatic hydroxyl groups is 1. The summed E-state index contributed by atoms with van der Waals surface area (Å²) in [5.41, 5.74) is 0. The largest absolute Gasteiger partial charge is 0.480 e. The third-order valence-corrected chi connectivity index (χ3v) is 2.49. The van der Waals surface area contributed by atoms with Crippen molar-refractivity contribution in [1.82, 2.24) is 10.6 Å². The van der Waals surface area contributed by atoms with E-state index in [2.05, 4.69) is 5.32 Å². The topological polar surface area (TPSA) is 133 Å². The molecule has 0 aliphatic carbocycles. The van der Waals surface area contributed by atoms with Gasteiger partial charge in [0.25, 0.3) is 0 Å². The van der Waals surface area contributed by atoms with E-state index >= 15 is 0 Å². The van der Waals surface area contributed by atoms with Gasteiger partial charge < -0.3 is 20.8 Å². The number of carbonyl (C=O) groups excluding carboxylic acids is 1. The van der Waals surface area contributed by atoms with Crippen LogP contribution >= 0.6 is 0 Å². The molecule has 0 rings (SSSR count). The van der Waals surface area contributed by atoms with E-state index in [0.29, 0.717) is 0 Å². The molecule has 2 amide bonds. The van der Waals surface area contributed by atoms with E-state index < -0.39 is 34.5 Å². The van der Waals surface area contributed by atoms with Crippen molar-refractivity contribution in [2.24, 2.45) is 0 Å². The van der Waals surface area contributed by atoms with E-state index in [1.54, 1.807) is 0 Å². The molecule has 4 N–H and O–H groups in total. The number of hydrogen-bond acceptors (Lipinski definition) is 5. The first kappa shape index (κ1) is 14.6. The quantitative estimate of drug-likeness (QED) is 0.424. The van der Waals surface area contributed by atoms with Gasteiger partial charge in [0.15, 0.2) is 6.04 Å². The van der Waals surface area contributed by atoms with Gasteiger partial charge in [0.2, 0.25) is 0 Å². The number of amides is 2. The van der Waals surface area contributed by atoms with Crippen LogP contribution in [0.1, 0.15) is 0 Å². The molecule has 0 bridgehead atoms. The van der Waals surface area contributed by atoms with Gasteiger partial charge in [0.05, 0.1) is 12.4 Å². The van der Waals surface area contributed by atoms with Crippen molar-refractivity contribution in [3.05, 3.63) is 0 Å². The molecule has 0 unspecified atom stereocenters. The molecule has 0 saturated heterocycles. The Balaban J connectivity index is 3.95. The summed E-state index contributed by atoms with van der Waals surface area (Å²) < 4.78 is 21.4. The van der Waals surface area contributed by atoms with Crippen molar-refractivity contribution < 1.29 is 28.2 Å². The van der Waals surface area contributed by atoms with Crippen LogP contribution in [0.3, 0.4) is 0 Å². The van der Waals surface area contributed by atoms with E-state index in [1.807, 2.05) is 5.32 Å². The number of carboxylic acids is 1. The maximum absolute atomic E-state index is 11.0.